The van der Waals surface area contributed by atoms with Crippen molar-refractivity contribution in [3.05, 3.63) is 89.2 Å². The van der Waals surface area contributed by atoms with Crippen LogP contribution in [0.3, 0.4) is 0 Å². The van der Waals surface area contributed by atoms with E-state index >= 15 is 0 Å². The second kappa shape index (κ2) is 8.42. The lowest BCUT2D eigenvalue weighted by atomic mass is 10.1. The van der Waals surface area contributed by atoms with Gasteiger partial charge in [0.2, 0.25) is 0 Å². The van der Waals surface area contributed by atoms with Crippen molar-refractivity contribution in [2.24, 2.45) is 0 Å². The van der Waals surface area contributed by atoms with Crippen LogP contribution >= 0.6 is 0 Å². The van der Waals surface area contributed by atoms with Gasteiger partial charge in [0.25, 0.3) is 0 Å². The van der Waals surface area contributed by atoms with Crippen LogP contribution in [0.1, 0.15) is 28.3 Å². The Kier molecular flexibility index (Phi) is 5.55. The van der Waals surface area contributed by atoms with E-state index in [-0.39, 0.29) is 6.04 Å². The molecule has 0 fully saturated rings. The standard InChI is InChI=1S/C23H24N2O3/c1-27-22-12-17(6-7-21(22)28-15-16-8-10-24-11-9-16)14-25-23-19-5-3-2-4-18(19)13-20(23)26/h2-12,20,23,25-26H,13-15H2,1H3/t20-,23+/m0/s1. The minimum Gasteiger partial charge on any atom is -0.493 e. The zero-order chi connectivity index (χ0) is 19.3. The van der Waals surface area contributed by atoms with Crippen LogP contribution in [-0.4, -0.2) is 23.3 Å². The third-order valence-corrected chi connectivity index (χ3v) is 5.10. The van der Waals surface area contributed by atoms with Crippen molar-refractivity contribution in [1.82, 2.24) is 10.3 Å². The van der Waals surface area contributed by atoms with E-state index in [2.05, 4.69) is 22.4 Å². The molecule has 144 valence electrons. The van der Waals surface area contributed by atoms with Crippen LogP contribution in [0.4, 0.5) is 0 Å². The number of ether oxygens (including phenoxy) is 2. The van der Waals surface area contributed by atoms with E-state index in [9.17, 15) is 5.11 Å². The van der Waals surface area contributed by atoms with Gasteiger partial charge in [-0.05, 0) is 46.5 Å². The molecule has 0 unspecified atom stereocenters. The van der Waals surface area contributed by atoms with E-state index in [1.54, 1.807) is 19.5 Å². The first-order valence-electron chi connectivity index (χ1n) is 9.42. The Morgan fingerprint density at radius 2 is 1.86 bits per heavy atom. The fourth-order valence-electron chi connectivity index (χ4n) is 3.63. The largest absolute Gasteiger partial charge is 0.493 e. The van der Waals surface area contributed by atoms with E-state index in [1.807, 2.05) is 42.5 Å². The highest BCUT2D eigenvalue weighted by Crippen LogP contribution is 2.32. The molecule has 1 aliphatic rings. The van der Waals surface area contributed by atoms with Crippen LogP contribution in [0.5, 0.6) is 11.5 Å². The molecule has 0 saturated carbocycles. The van der Waals surface area contributed by atoms with Gasteiger partial charge in [0.05, 0.1) is 19.3 Å². The first-order valence-corrected chi connectivity index (χ1v) is 9.42. The van der Waals surface area contributed by atoms with E-state index in [1.165, 1.54) is 11.1 Å². The minimum atomic E-state index is -0.401. The maximum Gasteiger partial charge on any atom is 0.161 e. The summed E-state index contributed by atoms with van der Waals surface area (Å²) in [6.45, 7) is 1.10. The number of methoxy groups -OCH3 is 1. The quantitative estimate of drug-likeness (QED) is 0.662. The normalized spacial score (nSPS) is 17.9. The predicted octanol–water partition coefficient (Wildman–Crippen LogP) is 3.42. The summed E-state index contributed by atoms with van der Waals surface area (Å²) in [5.41, 5.74) is 4.52. The molecule has 0 spiro atoms. The van der Waals surface area contributed by atoms with Gasteiger partial charge in [-0.1, -0.05) is 30.3 Å². The average molecular weight is 376 g/mol. The molecule has 0 saturated heterocycles. The van der Waals surface area contributed by atoms with Gasteiger partial charge in [-0.25, -0.2) is 0 Å². The first-order chi connectivity index (χ1) is 13.7. The fourth-order valence-corrected chi connectivity index (χ4v) is 3.63. The van der Waals surface area contributed by atoms with Crippen LogP contribution < -0.4 is 14.8 Å². The van der Waals surface area contributed by atoms with Crippen LogP contribution in [0.25, 0.3) is 0 Å². The van der Waals surface area contributed by atoms with Crippen LogP contribution in [0.15, 0.2) is 67.0 Å². The topological polar surface area (TPSA) is 63.6 Å². The number of fused-ring (bicyclic) bond motifs is 1. The molecule has 5 heteroatoms. The van der Waals surface area contributed by atoms with E-state index in [4.69, 9.17) is 9.47 Å². The molecule has 3 aromatic rings. The molecule has 0 radical (unpaired) electrons. The summed E-state index contributed by atoms with van der Waals surface area (Å²) >= 11 is 0. The molecule has 28 heavy (non-hydrogen) atoms. The predicted molar refractivity (Wildman–Crippen MR) is 107 cm³/mol. The van der Waals surface area contributed by atoms with Gasteiger partial charge in [-0.3, -0.25) is 4.98 Å². The van der Waals surface area contributed by atoms with Crippen LogP contribution in [0, 0.1) is 0 Å². The molecule has 1 heterocycles. The van der Waals surface area contributed by atoms with Gasteiger partial charge in [0, 0.05) is 25.4 Å². The van der Waals surface area contributed by atoms with Gasteiger partial charge in [-0.15, -0.1) is 0 Å². The maximum atomic E-state index is 10.4. The highest BCUT2D eigenvalue weighted by atomic mass is 16.5. The van der Waals surface area contributed by atoms with Crippen molar-refractivity contribution in [2.75, 3.05) is 7.11 Å². The number of nitrogens with one attached hydrogen (secondary N) is 1. The summed E-state index contributed by atoms with van der Waals surface area (Å²) < 4.78 is 11.4. The molecular weight excluding hydrogens is 352 g/mol. The number of aromatic nitrogens is 1. The second-order valence-corrected chi connectivity index (χ2v) is 6.96. The molecule has 0 amide bonds. The fraction of sp³-hybridized carbons (Fsp3) is 0.261. The van der Waals surface area contributed by atoms with Crippen molar-refractivity contribution in [2.45, 2.75) is 31.7 Å². The summed E-state index contributed by atoms with van der Waals surface area (Å²) in [5, 5.41) is 13.9. The first kappa shape index (κ1) is 18.5. The van der Waals surface area contributed by atoms with Crippen molar-refractivity contribution in [3.8, 4) is 11.5 Å². The van der Waals surface area contributed by atoms with E-state index in [0.29, 0.717) is 31.1 Å². The molecule has 4 rings (SSSR count). The number of aliphatic hydroxyl groups is 1. The maximum absolute atomic E-state index is 10.4. The monoisotopic (exact) mass is 376 g/mol. The van der Waals surface area contributed by atoms with Gasteiger partial charge in [-0.2, -0.15) is 0 Å². The van der Waals surface area contributed by atoms with Gasteiger partial charge >= 0.3 is 0 Å². The lowest BCUT2D eigenvalue weighted by Gasteiger charge is -2.19. The number of hydrogen-bond donors (Lipinski definition) is 2. The Bertz CT molecular complexity index is 930. The Hall–Kier alpha value is -2.89. The van der Waals surface area contributed by atoms with Crippen molar-refractivity contribution >= 4 is 0 Å². The minimum absolute atomic E-state index is 0.0511. The van der Waals surface area contributed by atoms with Gasteiger partial charge in [0.15, 0.2) is 11.5 Å². The van der Waals surface area contributed by atoms with Crippen molar-refractivity contribution < 1.29 is 14.6 Å². The summed E-state index contributed by atoms with van der Waals surface area (Å²) in [7, 11) is 1.64. The molecule has 2 N–H and O–H groups in total. The number of hydrogen-bond acceptors (Lipinski definition) is 5. The number of pyridine rings is 1. The lowest BCUT2D eigenvalue weighted by molar-refractivity contribution is 0.140. The van der Waals surface area contributed by atoms with Crippen LogP contribution in [0.2, 0.25) is 0 Å². The molecule has 0 aliphatic heterocycles. The molecule has 5 nitrogen and oxygen atoms in total. The number of nitrogens with zero attached hydrogens (tertiary/aromatic N) is 1. The molecule has 2 atom stereocenters. The average Bonchev–Trinajstić information content (AvgIpc) is 3.06. The third-order valence-electron chi connectivity index (χ3n) is 5.10. The van der Waals surface area contributed by atoms with Crippen molar-refractivity contribution in [1.29, 1.82) is 0 Å². The zero-order valence-corrected chi connectivity index (χ0v) is 15.8. The van der Waals surface area contributed by atoms with Gasteiger partial charge in [0.1, 0.15) is 6.61 Å². The SMILES string of the molecule is COc1cc(CN[C@@H]2c3ccccc3C[C@@H]2O)ccc1OCc1ccncc1. The van der Waals surface area contributed by atoms with Gasteiger partial charge < -0.3 is 19.9 Å². The highest BCUT2D eigenvalue weighted by Gasteiger charge is 2.30. The smallest absolute Gasteiger partial charge is 0.161 e. The summed E-state index contributed by atoms with van der Waals surface area (Å²) in [5.74, 6) is 1.40. The second-order valence-electron chi connectivity index (χ2n) is 6.96. The molecule has 1 aromatic heterocycles. The summed E-state index contributed by atoms with van der Waals surface area (Å²) in [4.78, 5) is 4.01. The Morgan fingerprint density at radius 3 is 2.68 bits per heavy atom. The third kappa shape index (κ3) is 4.01. The Labute approximate surface area is 165 Å². The lowest BCUT2D eigenvalue weighted by Crippen LogP contribution is -2.28. The number of rotatable bonds is 7. The summed E-state index contributed by atoms with van der Waals surface area (Å²) in [6, 6.07) is 17.9. The molecule has 1 aliphatic carbocycles. The summed E-state index contributed by atoms with van der Waals surface area (Å²) in [6.07, 6.45) is 3.79. The highest BCUT2D eigenvalue weighted by molar-refractivity contribution is 5.43. The Balaban J connectivity index is 1.42. The Morgan fingerprint density at radius 1 is 1.04 bits per heavy atom. The number of benzene rings is 2. The molecule has 0 bridgehead atoms. The number of aliphatic hydroxyl groups excluding tert-OH is 1. The molecule has 2 aromatic carbocycles. The molecular formula is C23H24N2O3. The zero-order valence-electron chi connectivity index (χ0n) is 15.8. The van der Waals surface area contributed by atoms with E-state index in [0.717, 1.165) is 11.1 Å². The van der Waals surface area contributed by atoms with Crippen LogP contribution in [-0.2, 0) is 19.6 Å². The van der Waals surface area contributed by atoms with E-state index < -0.39 is 6.10 Å². The van der Waals surface area contributed by atoms with Crippen molar-refractivity contribution in [3.63, 3.8) is 0 Å².